The van der Waals surface area contributed by atoms with Crippen molar-refractivity contribution in [1.29, 1.82) is 0 Å². The van der Waals surface area contributed by atoms with Crippen molar-refractivity contribution in [2.75, 3.05) is 0 Å². The standard InChI is InChI=1S/C5H5NO.K/c7-5-1-3-6-4-2-5;/h1-4H,(H,6,7);/q;+1/p-1. The van der Waals surface area contributed by atoms with Crippen LogP contribution in [0.5, 0.6) is 5.75 Å². The molecule has 1 aromatic heterocycles. The number of pyridine rings is 1. The summed E-state index contributed by atoms with van der Waals surface area (Å²) in [6.07, 6.45) is 2.95. The zero-order valence-electron chi connectivity index (χ0n) is 4.66. The summed E-state index contributed by atoms with van der Waals surface area (Å²) < 4.78 is 0. The van der Waals surface area contributed by atoms with Crippen LogP contribution >= 0.6 is 0 Å². The molecule has 1 aromatic rings. The van der Waals surface area contributed by atoms with Crippen LogP contribution in [-0.4, -0.2) is 4.98 Å². The van der Waals surface area contributed by atoms with Crippen LogP contribution in [0, 0.1) is 0 Å². The molecule has 0 saturated carbocycles. The van der Waals surface area contributed by atoms with Gasteiger partial charge in [0, 0.05) is 12.4 Å². The molecule has 0 N–H and O–H groups in total. The van der Waals surface area contributed by atoms with Crippen LogP contribution in [0.3, 0.4) is 0 Å². The van der Waals surface area contributed by atoms with Crippen molar-refractivity contribution in [1.82, 2.24) is 4.98 Å². The molecule has 0 spiro atoms. The third-order valence-electron chi connectivity index (χ3n) is 0.650. The van der Waals surface area contributed by atoms with Gasteiger partial charge >= 0.3 is 51.4 Å². The second-order valence-electron chi connectivity index (χ2n) is 1.18. The van der Waals surface area contributed by atoms with Crippen LogP contribution in [0.2, 0.25) is 0 Å². The van der Waals surface area contributed by atoms with Crippen molar-refractivity contribution in [2.45, 2.75) is 0 Å². The molecule has 0 aliphatic heterocycles. The van der Waals surface area contributed by atoms with Gasteiger partial charge in [0.15, 0.2) is 0 Å². The predicted molar refractivity (Wildman–Crippen MR) is 23.7 cm³/mol. The fraction of sp³-hybridized carbons (Fsp3) is 0. The Balaban J connectivity index is 0.000000490. The van der Waals surface area contributed by atoms with Crippen LogP contribution in [0.15, 0.2) is 24.5 Å². The molecule has 0 amide bonds. The Bertz CT molecular complexity index is 142. The molecule has 0 aromatic carbocycles. The van der Waals surface area contributed by atoms with E-state index in [0.29, 0.717) is 0 Å². The average molecular weight is 133 g/mol. The van der Waals surface area contributed by atoms with Gasteiger partial charge in [-0.25, -0.2) is 0 Å². The van der Waals surface area contributed by atoms with E-state index in [-0.39, 0.29) is 57.1 Å². The van der Waals surface area contributed by atoms with E-state index in [1.165, 1.54) is 24.5 Å². The molecule has 36 valence electrons. The molecule has 0 radical (unpaired) electrons. The Morgan fingerprint density at radius 3 is 2.00 bits per heavy atom. The smallest absolute Gasteiger partial charge is 0.872 e. The molecule has 0 unspecified atom stereocenters. The number of aromatic nitrogens is 1. The largest absolute Gasteiger partial charge is 1.00 e. The van der Waals surface area contributed by atoms with E-state index in [9.17, 15) is 5.11 Å². The summed E-state index contributed by atoms with van der Waals surface area (Å²) in [7, 11) is 0. The summed E-state index contributed by atoms with van der Waals surface area (Å²) in [6, 6.07) is 2.83. The first-order valence-electron chi connectivity index (χ1n) is 1.96. The summed E-state index contributed by atoms with van der Waals surface area (Å²) in [5, 5.41) is 10.2. The number of nitrogens with zero attached hydrogens (tertiary/aromatic N) is 1. The minimum absolute atomic E-state index is 0. The molecular formula is C5H4KNO. The molecule has 1 rings (SSSR count). The molecule has 0 bridgehead atoms. The second kappa shape index (κ2) is 4.46. The minimum Gasteiger partial charge on any atom is -0.872 e. The van der Waals surface area contributed by atoms with Crippen molar-refractivity contribution in [3.63, 3.8) is 0 Å². The van der Waals surface area contributed by atoms with Gasteiger partial charge in [0.2, 0.25) is 0 Å². The second-order valence-corrected chi connectivity index (χ2v) is 1.18. The quantitative estimate of drug-likeness (QED) is 0.357. The monoisotopic (exact) mass is 133 g/mol. The van der Waals surface area contributed by atoms with Gasteiger partial charge in [0.25, 0.3) is 0 Å². The summed E-state index contributed by atoms with van der Waals surface area (Å²) in [5.74, 6) is 0.00926. The topological polar surface area (TPSA) is 36.0 Å². The van der Waals surface area contributed by atoms with Gasteiger partial charge in [-0.15, -0.1) is 5.75 Å². The molecule has 8 heavy (non-hydrogen) atoms. The van der Waals surface area contributed by atoms with E-state index in [0.717, 1.165) is 0 Å². The maximum atomic E-state index is 10.2. The van der Waals surface area contributed by atoms with Crippen molar-refractivity contribution < 1.29 is 56.5 Å². The fourth-order valence-electron chi connectivity index (χ4n) is 0.338. The molecule has 2 nitrogen and oxygen atoms in total. The third-order valence-corrected chi connectivity index (χ3v) is 0.650. The summed E-state index contributed by atoms with van der Waals surface area (Å²) in [5.41, 5.74) is 0. The Morgan fingerprint density at radius 2 is 1.75 bits per heavy atom. The molecule has 0 saturated heterocycles. The number of hydrogen-bond donors (Lipinski definition) is 0. The molecular weight excluding hydrogens is 129 g/mol. The van der Waals surface area contributed by atoms with Crippen LogP contribution in [0.25, 0.3) is 0 Å². The Morgan fingerprint density at radius 1 is 1.25 bits per heavy atom. The fourth-order valence-corrected chi connectivity index (χ4v) is 0.338. The number of hydrogen-bond acceptors (Lipinski definition) is 2. The van der Waals surface area contributed by atoms with Crippen LogP contribution in [0.1, 0.15) is 0 Å². The van der Waals surface area contributed by atoms with E-state index >= 15 is 0 Å². The van der Waals surface area contributed by atoms with Crippen LogP contribution < -0.4 is 56.5 Å². The van der Waals surface area contributed by atoms with Crippen LogP contribution in [-0.2, 0) is 0 Å². The Labute approximate surface area is 90.4 Å². The maximum Gasteiger partial charge on any atom is 1.00 e. The summed E-state index contributed by atoms with van der Waals surface area (Å²) in [6.45, 7) is 0. The van der Waals surface area contributed by atoms with Crippen molar-refractivity contribution in [3.05, 3.63) is 24.5 Å². The first-order valence-corrected chi connectivity index (χ1v) is 1.96. The zero-order valence-corrected chi connectivity index (χ0v) is 7.79. The summed E-state index contributed by atoms with van der Waals surface area (Å²) >= 11 is 0. The van der Waals surface area contributed by atoms with Gasteiger partial charge in [-0.1, -0.05) is 12.1 Å². The maximum absolute atomic E-state index is 10.2. The molecule has 0 aliphatic rings. The predicted octanol–water partition coefficient (Wildman–Crippen LogP) is -2.84. The first-order chi connectivity index (χ1) is 3.39. The first kappa shape index (κ1) is 8.59. The van der Waals surface area contributed by atoms with E-state index in [1.54, 1.807) is 0 Å². The molecule has 1 heterocycles. The van der Waals surface area contributed by atoms with Crippen molar-refractivity contribution >= 4 is 0 Å². The average Bonchev–Trinajstić information content (AvgIpc) is 1.69. The Hall–Kier alpha value is 0.586. The molecule has 0 fully saturated rings. The van der Waals surface area contributed by atoms with Crippen molar-refractivity contribution in [2.24, 2.45) is 0 Å². The van der Waals surface area contributed by atoms with Gasteiger partial charge in [-0.3, -0.25) is 4.98 Å². The van der Waals surface area contributed by atoms with Gasteiger partial charge in [-0.05, 0) is 0 Å². The van der Waals surface area contributed by atoms with Crippen molar-refractivity contribution in [3.8, 4) is 5.75 Å². The van der Waals surface area contributed by atoms with Gasteiger partial charge < -0.3 is 5.11 Å². The summed E-state index contributed by atoms with van der Waals surface area (Å²) in [4.78, 5) is 3.65. The molecule has 0 atom stereocenters. The van der Waals surface area contributed by atoms with E-state index in [4.69, 9.17) is 0 Å². The molecule has 3 heteroatoms. The van der Waals surface area contributed by atoms with E-state index in [2.05, 4.69) is 4.98 Å². The molecule has 0 aliphatic carbocycles. The SMILES string of the molecule is [K+].[O-]c1ccncc1. The van der Waals surface area contributed by atoms with E-state index in [1.807, 2.05) is 0 Å². The van der Waals surface area contributed by atoms with E-state index < -0.39 is 0 Å². The normalized spacial score (nSPS) is 7.50. The van der Waals surface area contributed by atoms with Gasteiger partial charge in [0.05, 0.1) is 0 Å². The number of rotatable bonds is 0. The van der Waals surface area contributed by atoms with Gasteiger partial charge in [0.1, 0.15) is 0 Å². The Kier molecular flexibility index (Phi) is 4.79. The third kappa shape index (κ3) is 2.79. The van der Waals surface area contributed by atoms with Gasteiger partial charge in [-0.2, -0.15) is 0 Å². The minimum atomic E-state index is 0. The van der Waals surface area contributed by atoms with Crippen LogP contribution in [0.4, 0.5) is 0 Å². The zero-order chi connectivity index (χ0) is 5.11.